The third kappa shape index (κ3) is 5.63. The second kappa shape index (κ2) is 8.32. The molecule has 0 N–H and O–H groups in total. The van der Waals surface area contributed by atoms with Crippen LogP contribution in [0, 0.1) is 23.6 Å². The summed E-state index contributed by atoms with van der Waals surface area (Å²) in [6.45, 7) is 0. The standard InChI is InChI=1S/C22H20FNO2S/c1-27(25,26)22-12-9-18(10-13-22)14-19-8-11-21(24-16-19)7-3-5-17-4-2-6-20(23)15-17/h2,4,6,9-13,15-16,19H,5,8,14H2,1H3. The Bertz CT molecular complexity index is 1040. The summed E-state index contributed by atoms with van der Waals surface area (Å²) in [7, 11) is -3.16. The molecule has 5 heteroatoms. The molecule has 0 aromatic heterocycles. The van der Waals surface area contributed by atoms with Crippen molar-refractivity contribution in [3.05, 3.63) is 77.2 Å². The normalized spacial score (nSPS) is 16.4. The first kappa shape index (κ1) is 19.1. The van der Waals surface area contributed by atoms with Crippen molar-refractivity contribution < 1.29 is 12.8 Å². The monoisotopic (exact) mass is 381 g/mol. The molecule has 0 bridgehead atoms. The van der Waals surface area contributed by atoms with Gasteiger partial charge in [0, 0.05) is 24.8 Å². The van der Waals surface area contributed by atoms with Crippen molar-refractivity contribution in [3.63, 3.8) is 0 Å². The molecule has 3 nitrogen and oxygen atoms in total. The maximum absolute atomic E-state index is 13.1. The number of aliphatic imine (C=N–C) groups is 1. The Morgan fingerprint density at radius 1 is 1.15 bits per heavy atom. The van der Waals surface area contributed by atoms with Crippen LogP contribution in [0.3, 0.4) is 0 Å². The third-order valence-electron chi connectivity index (χ3n) is 4.29. The van der Waals surface area contributed by atoms with Crippen molar-refractivity contribution in [2.75, 3.05) is 6.26 Å². The Hall–Kier alpha value is -2.71. The van der Waals surface area contributed by atoms with Crippen LogP contribution in [0.25, 0.3) is 0 Å². The van der Waals surface area contributed by atoms with Gasteiger partial charge in [-0.3, -0.25) is 4.99 Å². The fraction of sp³-hybridized carbons (Fsp3) is 0.227. The lowest BCUT2D eigenvalue weighted by atomic mass is 9.95. The average molecular weight is 381 g/mol. The van der Waals surface area contributed by atoms with E-state index in [0.717, 1.165) is 29.7 Å². The number of rotatable bonds is 4. The molecular formula is C22H20FNO2S. The van der Waals surface area contributed by atoms with Crippen LogP contribution in [0.4, 0.5) is 4.39 Å². The predicted molar refractivity (Wildman–Crippen MR) is 106 cm³/mol. The van der Waals surface area contributed by atoms with Gasteiger partial charge in [-0.05, 0) is 60.2 Å². The zero-order chi connectivity index (χ0) is 19.3. The van der Waals surface area contributed by atoms with E-state index < -0.39 is 9.84 Å². The van der Waals surface area contributed by atoms with Gasteiger partial charge in [0.05, 0.1) is 4.90 Å². The molecule has 0 saturated heterocycles. The van der Waals surface area contributed by atoms with Crippen molar-refractivity contribution in [1.82, 2.24) is 0 Å². The first-order chi connectivity index (χ1) is 12.9. The van der Waals surface area contributed by atoms with E-state index >= 15 is 0 Å². The van der Waals surface area contributed by atoms with Gasteiger partial charge < -0.3 is 0 Å². The van der Waals surface area contributed by atoms with Crippen LogP contribution in [0.1, 0.15) is 17.5 Å². The molecule has 0 amide bonds. The molecule has 0 saturated carbocycles. The summed E-state index contributed by atoms with van der Waals surface area (Å²) in [5.74, 6) is 6.06. The zero-order valence-electron chi connectivity index (χ0n) is 15.0. The fourth-order valence-electron chi connectivity index (χ4n) is 2.84. The lowest BCUT2D eigenvalue weighted by Crippen LogP contribution is -2.09. The van der Waals surface area contributed by atoms with Crippen LogP contribution < -0.4 is 0 Å². The fourth-order valence-corrected chi connectivity index (χ4v) is 3.47. The van der Waals surface area contributed by atoms with Gasteiger partial charge in [-0.1, -0.05) is 30.2 Å². The van der Waals surface area contributed by atoms with Gasteiger partial charge >= 0.3 is 0 Å². The Labute approximate surface area is 159 Å². The second-order valence-electron chi connectivity index (χ2n) is 6.59. The topological polar surface area (TPSA) is 46.5 Å². The number of allylic oxidation sites excluding steroid dienone is 2. The van der Waals surface area contributed by atoms with Gasteiger partial charge in [0.15, 0.2) is 9.84 Å². The Morgan fingerprint density at radius 3 is 2.56 bits per heavy atom. The lowest BCUT2D eigenvalue weighted by molar-refractivity contribution is 0.601. The van der Waals surface area contributed by atoms with Gasteiger partial charge in [0.1, 0.15) is 11.5 Å². The van der Waals surface area contributed by atoms with Crippen LogP contribution in [-0.2, 0) is 22.7 Å². The highest BCUT2D eigenvalue weighted by Gasteiger charge is 2.11. The lowest BCUT2D eigenvalue weighted by Gasteiger charge is -2.13. The van der Waals surface area contributed by atoms with Gasteiger partial charge in [0.25, 0.3) is 0 Å². The maximum Gasteiger partial charge on any atom is 0.175 e. The van der Waals surface area contributed by atoms with E-state index in [0.29, 0.717) is 11.3 Å². The van der Waals surface area contributed by atoms with E-state index in [4.69, 9.17) is 0 Å². The molecule has 1 atom stereocenters. The molecule has 0 radical (unpaired) electrons. The van der Waals surface area contributed by atoms with Crippen LogP contribution >= 0.6 is 0 Å². The van der Waals surface area contributed by atoms with Crippen LogP contribution in [0.5, 0.6) is 0 Å². The highest BCUT2D eigenvalue weighted by molar-refractivity contribution is 7.90. The van der Waals surface area contributed by atoms with Gasteiger partial charge in [-0.15, -0.1) is 0 Å². The summed E-state index contributed by atoms with van der Waals surface area (Å²) < 4.78 is 36.1. The van der Waals surface area contributed by atoms with E-state index in [-0.39, 0.29) is 11.7 Å². The minimum absolute atomic E-state index is 0.253. The predicted octanol–water partition coefficient (Wildman–Crippen LogP) is 3.99. The molecule has 0 fully saturated rings. The Balaban J connectivity index is 1.55. The molecule has 0 aliphatic carbocycles. The molecular weight excluding hydrogens is 361 g/mol. The van der Waals surface area contributed by atoms with Crippen molar-refractivity contribution in [2.24, 2.45) is 10.9 Å². The second-order valence-corrected chi connectivity index (χ2v) is 8.61. The van der Waals surface area contributed by atoms with Gasteiger partial charge in [-0.2, -0.15) is 0 Å². The molecule has 138 valence electrons. The number of halogens is 1. The summed E-state index contributed by atoms with van der Waals surface area (Å²) in [6, 6.07) is 13.4. The molecule has 2 aromatic rings. The first-order valence-corrected chi connectivity index (χ1v) is 10.6. The largest absolute Gasteiger partial charge is 0.252 e. The molecule has 0 spiro atoms. The average Bonchev–Trinajstić information content (AvgIpc) is 2.63. The SMILES string of the molecule is CS(=O)(=O)c1ccc(CC2C=NC(C#CCc3cccc(F)c3)=CC2)cc1. The number of hydrogen-bond donors (Lipinski definition) is 0. The van der Waals surface area contributed by atoms with E-state index in [1.807, 2.05) is 30.5 Å². The zero-order valence-corrected chi connectivity index (χ0v) is 15.8. The minimum atomic E-state index is -3.16. The van der Waals surface area contributed by atoms with Crippen molar-refractivity contribution >= 4 is 16.1 Å². The van der Waals surface area contributed by atoms with Gasteiger partial charge in [0.2, 0.25) is 0 Å². The summed E-state index contributed by atoms with van der Waals surface area (Å²) in [5.41, 5.74) is 2.65. The van der Waals surface area contributed by atoms with Crippen LogP contribution in [0.15, 0.2) is 70.2 Å². The molecule has 1 unspecified atom stereocenters. The van der Waals surface area contributed by atoms with E-state index in [2.05, 4.69) is 16.8 Å². The number of sulfone groups is 1. The van der Waals surface area contributed by atoms with E-state index in [1.165, 1.54) is 18.4 Å². The number of hydrogen-bond acceptors (Lipinski definition) is 3. The molecule has 1 aliphatic heterocycles. The van der Waals surface area contributed by atoms with Crippen LogP contribution in [0.2, 0.25) is 0 Å². The quantitative estimate of drug-likeness (QED) is 0.752. The summed E-state index contributed by atoms with van der Waals surface area (Å²) >= 11 is 0. The molecule has 27 heavy (non-hydrogen) atoms. The van der Waals surface area contributed by atoms with Gasteiger partial charge in [-0.25, -0.2) is 12.8 Å². The van der Waals surface area contributed by atoms with Crippen molar-refractivity contribution in [1.29, 1.82) is 0 Å². The number of nitrogens with zero attached hydrogens (tertiary/aromatic N) is 1. The molecule has 2 aromatic carbocycles. The van der Waals surface area contributed by atoms with Crippen molar-refractivity contribution in [3.8, 4) is 11.8 Å². The van der Waals surface area contributed by atoms with Crippen molar-refractivity contribution in [2.45, 2.75) is 24.2 Å². The molecule has 1 aliphatic rings. The van der Waals surface area contributed by atoms with E-state index in [9.17, 15) is 12.8 Å². The molecule has 3 rings (SSSR count). The van der Waals surface area contributed by atoms with E-state index in [1.54, 1.807) is 18.2 Å². The summed E-state index contributed by atoms with van der Waals surface area (Å²) in [6.07, 6.45) is 7.23. The maximum atomic E-state index is 13.1. The summed E-state index contributed by atoms with van der Waals surface area (Å²) in [5, 5.41) is 0. The Morgan fingerprint density at radius 2 is 1.93 bits per heavy atom. The third-order valence-corrected chi connectivity index (χ3v) is 5.41. The molecule has 1 heterocycles. The summed E-state index contributed by atoms with van der Waals surface area (Å²) in [4.78, 5) is 4.74. The Kier molecular flexibility index (Phi) is 5.88. The highest BCUT2D eigenvalue weighted by Crippen LogP contribution is 2.18. The highest BCUT2D eigenvalue weighted by atomic mass is 32.2. The number of benzene rings is 2. The smallest absolute Gasteiger partial charge is 0.175 e. The minimum Gasteiger partial charge on any atom is -0.252 e. The van der Waals surface area contributed by atoms with Crippen LogP contribution in [-0.4, -0.2) is 20.9 Å². The first-order valence-electron chi connectivity index (χ1n) is 8.67.